The minimum atomic E-state index is -3.97. The average Bonchev–Trinajstić information content (AvgIpc) is 3.20. The van der Waals surface area contributed by atoms with Crippen molar-refractivity contribution in [2.45, 2.75) is 87.8 Å². The molecule has 11 nitrogen and oxygen atoms in total. The maximum absolute atomic E-state index is 15.5. The van der Waals surface area contributed by atoms with Gasteiger partial charge in [-0.15, -0.1) is 0 Å². The van der Waals surface area contributed by atoms with E-state index in [1.54, 1.807) is 4.90 Å². The number of nitrogens with zero attached hydrogens (tertiary/aromatic N) is 3. The highest BCUT2D eigenvalue weighted by Crippen LogP contribution is 2.41. The standard InChI is InChI=1S/C23H39FN6O5S/c1-13-19(35-14(2)26-13)12-29-18-8-17(24)20(36(33,34)27-23(3)5-6-23)7-16(18)21(31)30(22(29)32)11-15-9-25-28(4)10-15/h13-20,25-27H,5-12H2,1-4H3. The molecule has 5 fully saturated rings. The molecule has 3 aliphatic heterocycles. The number of rotatable bonds is 7. The number of alkyl halides is 1. The van der Waals surface area contributed by atoms with Crippen molar-refractivity contribution in [1.29, 1.82) is 0 Å². The second-order valence-electron chi connectivity index (χ2n) is 11.7. The van der Waals surface area contributed by atoms with Gasteiger partial charge >= 0.3 is 6.03 Å². The second kappa shape index (κ2) is 9.42. The third-order valence-corrected chi connectivity index (χ3v) is 10.6. The van der Waals surface area contributed by atoms with E-state index in [0.29, 0.717) is 25.9 Å². The Hall–Kier alpha value is -1.38. The minimum absolute atomic E-state index is 0.0219. The van der Waals surface area contributed by atoms with Gasteiger partial charge < -0.3 is 9.64 Å². The molecule has 36 heavy (non-hydrogen) atoms. The number of hydrazine groups is 1. The summed E-state index contributed by atoms with van der Waals surface area (Å²) in [4.78, 5) is 30.2. The Bertz CT molecular complexity index is 995. The van der Waals surface area contributed by atoms with Gasteiger partial charge in [0.15, 0.2) is 0 Å². The van der Waals surface area contributed by atoms with Gasteiger partial charge in [0.1, 0.15) is 17.6 Å². The first kappa shape index (κ1) is 26.2. The van der Waals surface area contributed by atoms with Crippen molar-refractivity contribution >= 4 is 22.0 Å². The van der Waals surface area contributed by atoms with Gasteiger partial charge in [-0.2, -0.15) is 0 Å². The van der Waals surface area contributed by atoms with E-state index in [9.17, 15) is 18.0 Å². The molecular weight excluding hydrogens is 491 g/mol. The van der Waals surface area contributed by atoms with Crippen LogP contribution in [0, 0.1) is 11.8 Å². The van der Waals surface area contributed by atoms with Crippen molar-refractivity contribution in [2.24, 2.45) is 11.8 Å². The van der Waals surface area contributed by atoms with Crippen LogP contribution in [0.4, 0.5) is 9.18 Å². The summed E-state index contributed by atoms with van der Waals surface area (Å²) >= 11 is 0. The summed E-state index contributed by atoms with van der Waals surface area (Å²) in [6.45, 7) is 7.43. The van der Waals surface area contributed by atoms with Crippen LogP contribution in [0.1, 0.15) is 46.5 Å². The first-order valence-electron chi connectivity index (χ1n) is 13.0. The van der Waals surface area contributed by atoms with Crippen LogP contribution in [0.5, 0.6) is 0 Å². The van der Waals surface area contributed by atoms with Crippen LogP contribution >= 0.6 is 0 Å². The molecule has 8 atom stereocenters. The highest BCUT2D eigenvalue weighted by Gasteiger charge is 2.56. The van der Waals surface area contributed by atoms with Crippen molar-refractivity contribution in [3.63, 3.8) is 0 Å². The molecule has 204 valence electrons. The SMILES string of the molecule is CC1NC(C)C(CN2C(=O)N(CC3CNN(C)C3)C(=O)C3CC(S(=O)(=O)NC4(C)CC4)C(F)CC32)O1. The van der Waals surface area contributed by atoms with Gasteiger partial charge in [-0.1, -0.05) is 0 Å². The first-order valence-corrected chi connectivity index (χ1v) is 14.6. The zero-order chi connectivity index (χ0) is 26.0. The first-order chi connectivity index (χ1) is 16.9. The molecule has 3 N–H and O–H groups in total. The Balaban J connectivity index is 1.40. The molecule has 0 spiro atoms. The van der Waals surface area contributed by atoms with Crippen molar-refractivity contribution in [3.8, 4) is 0 Å². The lowest BCUT2D eigenvalue weighted by atomic mass is 9.79. The Labute approximate surface area is 212 Å². The number of ether oxygens (including phenoxy) is 1. The van der Waals surface area contributed by atoms with Crippen LogP contribution in [0.15, 0.2) is 0 Å². The third-order valence-electron chi connectivity index (χ3n) is 8.50. The van der Waals surface area contributed by atoms with E-state index in [0.717, 1.165) is 0 Å². The highest BCUT2D eigenvalue weighted by molar-refractivity contribution is 7.90. The largest absolute Gasteiger partial charge is 0.357 e. The molecule has 3 heterocycles. The van der Waals surface area contributed by atoms with E-state index >= 15 is 4.39 Å². The number of sulfonamides is 1. The molecule has 3 saturated heterocycles. The minimum Gasteiger partial charge on any atom is -0.357 e. The number of urea groups is 1. The second-order valence-corrected chi connectivity index (χ2v) is 13.6. The summed E-state index contributed by atoms with van der Waals surface area (Å²) in [6.07, 6.45) is -1.06. The molecule has 13 heteroatoms. The van der Waals surface area contributed by atoms with E-state index in [2.05, 4.69) is 15.5 Å². The van der Waals surface area contributed by atoms with Crippen LogP contribution in [0.2, 0.25) is 0 Å². The number of imide groups is 1. The van der Waals surface area contributed by atoms with Crippen molar-refractivity contribution in [2.75, 3.05) is 33.2 Å². The van der Waals surface area contributed by atoms with Gasteiger partial charge in [-0.05, 0) is 40.0 Å². The highest BCUT2D eigenvalue weighted by atomic mass is 32.2. The molecule has 0 aromatic heterocycles. The number of fused-ring (bicyclic) bond motifs is 1. The molecule has 2 aliphatic carbocycles. The molecular formula is C23H39FN6O5S. The lowest BCUT2D eigenvalue weighted by molar-refractivity contribution is -0.142. The topological polar surface area (TPSA) is 123 Å². The lowest BCUT2D eigenvalue weighted by Crippen LogP contribution is -2.67. The van der Waals surface area contributed by atoms with Crippen molar-refractivity contribution in [1.82, 2.24) is 30.3 Å². The van der Waals surface area contributed by atoms with Crippen LogP contribution in [-0.2, 0) is 19.6 Å². The molecule has 0 radical (unpaired) electrons. The summed E-state index contributed by atoms with van der Waals surface area (Å²) in [5.41, 5.74) is 2.66. The maximum Gasteiger partial charge on any atom is 0.327 e. The number of nitrogens with one attached hydrogen (secondary N) is 3. The molecule has 5 rings (SSSR count). The molecule has 5 aliphatic rings. The number of carbonyl (C=O) groups is 2. The van der Waals surface area contributed by atoms with E-state index < -0.39 is 50.9 Å². The van der Waals surface area contributed by atoms with Crippen molar-refractivity contribution in [3.05, 3.63) is 0 Å². The number of halogens is 1. The Morgan fingerprint density at radius 3 is 2.50 bits per heavy atom. The van der Waals surface area contributed by atoms with E-state index in [1.165, 1.54) is 4.90 Å². The molecule has 0 aromatic rings. The summed E-state index contributed by atoms with van der Waals surface area (Å²) in [5.74, 6) is -1.12. The van der Waals surface area contributed by atoms with Crippen LogP contribution in [-0.4, -0.2) is 110 Å². The lowest BCUT2D eigenvalue weighted by Gasteiger charge is -2.49. The Morgan fingerprint density at radius 2 is 1.92 bits per heavy atom. The molecule has 0 bridgehead atoms. The summed E-state index contributed by atoms with van der Waals surface area (Å²) in [6, 6.07) is -1.16. The fourth-order valence-electron chi connectivity index (χ4n) is 6.19. The summed E-state index contributed by atoms with van der Waals surface area (Å²) in [7, 11) is -2.07. The van der Waals surface area contributed by atoms with Crippen LogP contribution < -0.4 is 15.5 Å². The predicted octanol–water partition coefficient (Wildman–Crippen LogP) is -0.00310. The Kier molecular flexibility index (Phi) is 6.87. The van der Waals surface area contributed by atoms with Gasteiger partial charge in [0.2, 0.25) is 15.9 Å². The number of hydrogen-bond donors (Lipinski definition) is 3. The monoisotopic (exact) mass is 530 g/mol. The average molecular weight is 531 g/mol. The molecule has 0 aromatic carbocycles. The van der Waals surface area contributed by atoms with Crippen molar-refractivity contribution < 1.29 is 27.1 Å². The number of carbonyl (C=O) groups excluding carboxylic acids is 2. The fraction of sp³-hybridized carbons (Fsp3) is 0.913. The zero-order valence-corrected chi connectivity index (χ0v) is 22.3. The van der Waals surface area contributed by atoms with Crippen LogP contribution in [0.3, 0.4) is 0 Å². The predicted molar refractivity (Wildman–Crippen MR) is 130 cm³/mol. The smallest absolute Gasteiger partial charge is 0.327 e. The Morgan fingerprint density at radius 1 is 1.19 bits per heavy atom. The van der Waals surface area contributed by atoms with E-state index in [1.807, 2.05) is 32.8 Å². The van der Waals surface area contributed by atoms with Gasteiger partial charge in [0.05, 0.1) is 18.6 Å². The van der Waals surface area contributed by atoms with Gasteiger partial charge in [-0.25, -0.2) is 27.3 Å². The molecule has 8 unspecified atom stereocenters. The molecule has 3 amide bonds. The number of hydrogen-bond acceptors (Lipinski definition) is 8. The van der Waals surface area contributed by atoms with E-state index in [4.69, 9.17) is 4.74 Å². The number of amides is 3. The van der Waals surface area contributed by atoms with Gasteiger partial charge in [-0.3, -0.25) is 20.4 Å². The van der Waals surface area contributed by atoms with Gasteiger partial charge in [0.25, 0.3) is 0 Å². The summed E-state index contributed by atoms with van der Waals surface area (Å²) < 4.78 is 50.4. The summed E-state index contributed by atoms with van der Waals surface area (Å²) in [5, 5.41) is 3.88. The van der Waals surface area contributed by atoms with Crippen LogP contribution in [0.25, 0.3) is 0 Å². The normalized spacial score (nSPS) is 41.1. The maximum atomic E-state index is 15.5. The fourth-order valence-corrected chi connectivity index (χ4v) is 8.19. The molecule has 2 saturated carbocycles. The zero-order valence-electron chi connectivity index (χ0n) is 21.4. The quantitative estimate of drug-likeness (QED) is 0.420. The van der Waals surface area contributed by atoms with E-state index in [-0.39, 0.29) is 50.2 Å². The van der Waals surface area contributed by atoms with Gasteiger partial charge in [0, 0.05) is 56.6 Å². The third kappa shape index (κ3) is 5.02.